The second kappa shape index (κ2) is 5.71. The van der Waals surface area contributed by atoms with Gasteiger partial charge in [0.25, 0.3) is 0 Å². The van der Waals surface area contributed by atoms with Gasteiger partial charge < -0.3 is 5.11 Å². The number of aryl methyl sites for hydroxylation is 1. The molecule has 2 rings (SSSR count). The van der Waals surface area contributed by atoms with E-state index in [4.69, 9.17) is 5.11 Å². The van der Waals surface area contributed by atoms with E-state index in [1.807, 2.05) is 13.2 Å². The molecule has 0 amide bonds. The van der Waals surface area contributed by atoms with Crippen molar-refractivity contribution in [2.75, 3.05) is 6.26 Å². The number of rotatable bonds is 4. The van der Waals surface area contributed by atoms with E-state index in [1.54, 1.807) is 12.1 Å². The summed E-state index contributed by atoms with van der Waals surface area (Å²) >= 11 is 2.44. The predicted octanol–water partition coefficient (Wildman–Crippen LogP) is 3.93. The second-order valence-electron chi connectivity index (χ2n) is 3.77. The van der Waals surface area contributed by atoms with Crippen molar-refractivity contribution in [3.8, 4) is 10.6 Å². The fraction of sp³-hybridized carbons (Fsp3) is 0.231. The molecule has 0 fully saturated rings. The molecule has 0 aliphatic heterocycles. The van der Waals surface area contributed by atoms with Crippen LogP contribution < -0.4 is 0 Å². The molecule has 1 aromatic heterocycles. The molecule has 6 heteroatoms. The highest BCUT2D eigenvalue weighted by Gasteiger charge is 2.20. The quantitative estimate of drug-likeness (QED) is 0.869. The van der Waals surface area contributed by atoms with Crippen molar-refractivity contribution in [3.05, 3.63) is 34.6 Å². The Bertz CT molecular complexity index is 625. The minimum atomic E-state index is -1.01. The lowest BCUT2D eigenvalue weighted by Gasteiger charge is -2.04. The van der Waals surface area contributed by atoms with Gasteiger partial charge in [-0.1, -0.05) is 13.0 Å². The zero-order valence-corrected chi connectivity index (χ0v) is 12.1. The van der Waals surface area contributed by atoms with Gasteiger partial charge >= 0.3 is 5.97 Å². The number of thioether (sulfide) groups is 1. The van der Waals surface area contributed by atoms with Crippen LogP contribution in [0, 0.1) is 5.82 Å². The molecule has 0 aliphatic rings. The van der Waals surface area contributed by atoms with Crippen LogP contribution in [0.4, 0.5) is 4.39 Å². The number of benzene rings is 1. The third-order valence-corrected chi connectivity index (χ3v) is 4.52. The minimum Gasteiger partial charge on any atom is -0.477 e. The molecule has 0 spiro atoms. The van der Waals surface area contributed by atoms with Crippen LogP contribution in [-0.2, 0) is 6.42 Å². The molecule has 0 saturated carbocycles. The van der Waals surface area contributed by atoms with Crippen LogP contribution in [0.25, 0.3) is 10.6 Å². The Morgan fingerprint density at radius 3 is 2.79 bits per heavy atom. The summed E-state index contributed by atoms with van der Waals surface area (Å²) in [6.45, 7) is 1.84. The number of hydrogen-bond acceptors (Lipinski definition) is 4. The number of halogens is 1. The Morgan fingerprint density at radius 2 is 2.26 bits per heavy atom. The highest BCUT2D eigenvalue weighted by molar-refractivity contribution is 7.98. The predicted molar refractivity (Wildman–Crippen MR) is 75.6 cm³/mol. The van der Waals surface area contributed by atoms with E-state index >= 15 is 0 Å². The van der Waals surface area contributed by atoms with Crippen molar-refractivity contribution in [2.24, 2.45) is 0 Å². The SMILES string of the molecule is CCc1nc(-c2c(F)cccc2SC)sc1C(=O)O. The Hall–Kier alpha value is -1.40. The first-order chi connectivity index (χ1) is 9.08. The van der Waals surface area contributed by atoms with Gasteiger partial charge in [-0.2, -0.15) is 0 Å². The molecule has 3 nitrogen and oxygen atoms in total. The topological polar surface area (TPSA) is 50.2 Å². The third-order valence-electron chi connectivity index (χ3n) is 2.64. The van der Waals surface area contributed by atoms with Gasteiger partial charge in [0.1, 0.15) is 15.7 Å². The van der Waals surface area contributed by atoms with Crippen LogP contribution >= 0.6 is 23.1 Å². The third kappa shape index (κ3) is 2.64. The largest absolute Gasteiger partial charge is 0.477 e. The zero-order chi connectivity index (χ0) is 14.0. The van der Waals surface area contributed by atoms with Crippen LogP contribution in [0.15, 0.2) is 23.1 Å². The van der Waals surface area contributed by atoms with Crippen LogP contribution in [0.1, 0.15) is 22.3 Å². The fourth-order valence-electron chi connectivity index (χ4n) is 1.75. The summed E-state index contributed by atoms with van der Waals surface area (Å²) in [5.41, 5.74) is 0.894. The average Bonchev–Trinajstić information content (AvgIpc) is 2.82. The fourth-order valence-corrected chi connectivity index (χ4v) is 3.48. The van der Waals surface area contributed by atoms with E-state index in [2.05, 4.69) is 4.98 Å². The monoisotopic (exact) mass is 297 g/mol. The maximum atomic E-state index is 14.0. The molecule has 100 valence electrons. The maximum absolute atomic E-state index is 14.0. The molecule has 19 heavy (non-hydrogen) atoms. The molecular formula is C13H12FNO2S2. The number of hydrogen-bond donors (Lipinski definition) is 1. The zero-order valence-electron chi connectivity index (χ0n) is 10.4. The van der Waals surface area contributed by atoms with Crippen LogP contribution in [0.5, 0.6) is 0 Å². The number of carboxylic acid groups (broad SMARTS) is 1. The van der Waals surface area contributed by atoms with Crippen molar-refractivity contribution in [2.45, 2.75) is 18.2 Å². The van der Waals surface area contributed by atoms with Crippen LogP contribution in [0.3, 0.4) is 0 Å². The summed E-state index contributed by atoms with van der Waals surface area (Å²) in [4.78, 5) is 16.4. The number of thiazole rings is 1. The van der Waals surface area contributed by atoms with E-state index in [9.17, 15) is 9.18 Å². The molecular weight excluding hydrogens is 285 g/mol. The summed E-state index contributed by atoms with van der Waals surface area (Å²) in [7, 11) is 0. The van der Waals surface area contributed by atoms with E-state index in [0.717, 1.165) is 16.2 Å². The Balaban J connectivity index is 2.63. The minimum absolute atomic E-state index is 0.188. The van der Waals surface area contributed by atoms with Crippen LogP contribution in [-0.4, -0.2) is 22.3 Å². The highest BCUT2D eigenvalue weighted by atomic mass is 32.2. The molecule has 1 N–H and O–H groups in total. The lowest BCUT2D eigenvalue weighted by Crippen LogP contribution is -1.97. The number of carboxylic acids is 1. The van der Waals surface area contributed by atoms with Gasteiger partial charge in [0.15, 0.2) is 0 Å². The van der Waals surface area contributed by atoms with E-state index in [0.29, 0.717) is 22.7 Å². The molecule has 0 atom stereocenters. The smallest absolute Gasteiger partial charge is 0.347 e. The number of carbonyl (C=O) groups is 1. The number of aromatic carboxylic acids is 1. The Labute approximate surface area is 118 Å². The molecule has 0 saturated heterocycles. The van der Waals surface area contributed by atoms with Gasteiger partial charge in [-0.15, -0.1) is 23.1 Å². The lowest BCUT2D eigenvalue weighted by atomic mass is 10.2. The molecule has 0 unspecified atom stereocenters. The van der Waals surface area contributed by atoms with Gasteiger partial charge in [0.05, 0.1) is 11.3 Å². The molecule has 0 radical (unpaired) electrons. The average molecular weight is 297 g/mol. The highest BCUT2D eigenvalue weighted by Crippen LogP contribution is 2.36. The first-order valence-corrected chi connectivity index (χ1v) is 7.68. The van der Waals surface area contributed by atoms with Crippen molar-refractivity contribution in [1.82, 2.24) is 4.98 Å². The standard InChI is InChI=1S/C13H12FNO2S2/c1-3-8-11(13(16)17)19-12(15-8)10-7(14)5-4-6-9(10)18-2/h4-6H,3H2,1-2H3,(H,16,17). The lowest BCUT2D eigenvalue weighted by molar-refractivity contribution is 0.0701. The molecule has 1 aromatic carbocycles. The van der Waals surface area contributed by atoms with Gasteiger partial charge in [0, 0.05) is 4.90 Å². The van der Waals surface area contributed by atoms with E-state index in [1.165, 1.54) is 17.8 Å². The van der Waals surface area contributed by atoms with Crippen LogP contribution in [0.2, 0.25) is 0 Å². The van der Waals surface area contributed by atoms with E-state index in [-0.39, 0.29) is 10.7 Å². The maximum Gasteiger partial charge on any atom is 0.347 e. The molecule has 1 heterocycles. The Kier molecular flexibility index (Phi) is 4.21. The molecule has 0 aliphatic carbocycles. The van der Waals surface area contributed by atoms with Crippen molar-refractivity contribution < 1.29 is 14.3 Å². The molecule has 0 bridgehead atoms. The summed E-state index contributed by atoms with van der Waals surface area (Å²) < 4.78 is 14.0. The summed E-state index contributed by atoms with van der Waals surface area (Å²) in [6, 6.07) is 4.80. The summed E-state index contributed by atoms with van der Waals surface area (Å²) in [5.74, 6) is -1.39. The summed E-state index contributed by atoms with van der Waals surface area (Å²) in [5, 5.41) is 9.55. The number of nitrogens with zero attached hydrogens (tertiary/aromatic N) is 1. The summed E-state index contributed by atoms with van der Waals surface area (Å²) in [6.07, 6.45) is 2.37. The Morgan fingerprint density at radius 1 is 1.53 bits per heavy atom. The van der Waals surface area contributed by atoms with Gasteiger partial charge in [0.2, 0.25) is 0 Å². The first kappa shape index (κ1) is 14.0. The normalized spacial score (nSPS) is 10.7. The molecule has 2 aromatic rings. The van der Waals surface area contributed by atoms with Crippen molar-refractivity contribution in [1.29, 1.82) is 0 Å². The number of aromatic nitrogens is 1. The van der Waals surface area contributed by atoms with Crippen molar-refractivity contribution in [3.63, 3.8) is 0 Å². The van der Waals surface area contributed by atoms with Crippen molar-refractivity contribution >= 4 is 29.1 Å². The van der Waals surface area contributed by atoms with Gasteiger partial charge in [-0.25, -0.2) is 14.2 Å². The van der Waals surface area contributed by atoms with Gasteiger partial charge in [-0.3, -0.25) is 0 Å². The first-order valence-electron chi connectivity index (χ1n) is 5.64. The van der Waals surface area contributed by atoms with E-state index < -0.39 is 5.97 Å². The van der Waals surface area contributed by atoms with Gasteiger partial charge in [-0.05, 0) is 24.8 Å². The second-order valence-corrected chi connectivity index (χ2v) is 5.62.